The van der Waals surface area contributed by atoms with E-state index in [-0.39, 0.29) is 24.2 Å². The number of carboxylic acid groups (broad SMARTS) is 1. The summed E-state index contributed by atoms with van der Waals surface area (Å²) < 4.78 is 0. The zero-order valence-electron chi connectivity index (χ0n) is 13.3. The average Bonchev–Trinajstić information content (AvgIpc) is 2.35. The van der Waals surface area contributed by atoms with Crippen LogP contribution in [-0.2, 0) is 15.0 Å². The fourth-order valence-electron chi connectivity index (χ4n) is 2.28. The van der Waals surface area contributed by atoms with Crippen LogP contribution in [0.15, 0.2) is 30.3 Å². The number of hydrogen-bond acceptors (Lipinski definition) is 2. The van der Waals surface area contributed by atoms with E-state index in [9.17, 15) is 9.59 Å². The Morgan fingerprint density at radius 1 is 1.05 bits per heavy atom. The molecular weight excluding hydrogens is 266 g/mol. The van der Waals surface area contributed by atoms with E-state index in [1.807, 2.05) is 30.3 Å². The number of amides is 1. The van der Waals surface area contributed by atoms with Crippen molar-refractivity contribution in [2.24, 2.45) is 5.41 Å². The summed E-state index contributed by atoms with van der Waals surface area (Å²) >= 11 is 0. The van der Waals surface area contributed by atoms with Gasteiger partial charge in [-0.2, -0.15) is 0 Å². The largest absolute Gasteiger partial charge is 0.481 e. The first kappa shape index (κ1) is 17.2. The monoisotopic (exact) mass is 291 g/mol. The molecule has 0 spiro atoms. The lowest BCUT2D eigenvalue weighted by atomic mass is 9.83. The Kier molecular flexibility index (Phi) is 5.53. The number of carbonyl (C=O) groups excluding carboxylic acids is 1. The molecule has 0 aliphatic heterocycles. The van der Waals surface area contributed by atoms with Gasteiger partial charge >= 0.3 is 5.97 Å². The van der Waals surface area contributed by atoms with Crippen molar-refractivity contribution in [3.05, 3.63) is 35.9 Å². The maximum atomic E-state index is 12.0. The summed E-state index contributed by atoms with van der Waals surface area (Å²) in [7, 11) is 0. The lowest BCUT2D eigenvalue weighted by Gasteiger charge is -2.27. The van der Waals surface area contributed by atoms with Crippen LogP contribution in [0.25, 0.3) is 0 Å². The van der Waals surface area contributed by atoms with Gasteiger partial charge in [-0.3, -0.25) is 9.59 Å². The molecule has 0 atom stereocenters. The Morgan fingerprint density at radius 3 is 2.14 bits per heavy atom. The molecule has 4 heteroatoms. The van der Waals surface area contributed by atoms with Gasteiger partial charge in [-0.25, -0.2) is 0 Å². The zero-order chi connectivity index (χ0) is 16.1. The molecule has 0 aliphatic carbocycles. The van der Waals surface area contributed by atoms with E-state index in [4.69, 9.17) is 5.11 Å². The standard InChI is InChI=1S/C17H25NO3/c1-16(2,11-15(20)21)10-14(19)18-12-17(3,4)13-8-6-5-7-9-13/h5-9H,10-12H2,1-4H3,(H,18,19)(H,20,21). The highest BCUT2D eigenvalue weighted by molar-refractivity contribution is 5.78. The minimum atomic E-state index is -0.877. The maximum absolute atomic E-state index is 12.0. The van der Waals surface area contributed by atoms with E-state index < -0.39 is 11.4 Å². The number of aliphatic carboxylic acids is 1. The number of nitrogens with one attached hydrogen (secondary N) is 1. The molecule has 0 saturated carbocycles. The van der Waals surface area contributed by atoms with Crippen molar-refractivity contribution < 1.29 is 14.7 Å². The highest BCUT2D eigenvalue weighted by atomic mass is 16.4. The number of carboxylic acids is 1. The normalized spacial score (nSPS) is 12.0. The Balaban J connectivity index is 2.55. The van der Waals surface area contributed by atoms with Crippen molar-refractivity contribution in [1.29, 1.82) is 0 Å². The fourth-order valence-corrected chi connectivity index (χ4v) is 2.28. The smallest absolute Gasteiger partial charge is 0.303 e. The molecule has 0 radical (unpaired) electrons. The highest BCUT2D eigenvalue weighted by Gasteiger charge is 2.27. The van der Waals surface area contributed by atoms with Gasteiger partial charge in [-0.15, -0.1) is 0 Å². The van der Waals surface area contributed by atoms with E-state index in [0.29, 0.717) is 6.54 Å². The fraction of sp³-hybridized carbons (Fsp3) is 0.529. The Morgan fingerprint density at radius 2 is 1.62 bits per heavy atom. The summed E-state index contributed by atoms with van der Waals surface area (Å²) in [5, 5.41) is 11.8. The van der Waals surface area contributed by atoms with Gasteiger partial charge in [-0.05, 0) is 11.0 Å². The lowest BCUT2D eigenvalue weighted by molar-refractivity contribution is -0.139. The number of benzene rings is 1. The van der Waals surface area contributed by atoms with Crippen molar-refractivity contribution >= 4 is 11.9 Å². The highest BCUT2D eigenvalue weighted by Crippen LogP contribution is 2.25. The van der Waals surface area contributed by atoms with Gasteiger partial charge < -0.3 is 10.4 Å². The van der Waals surface area contributed by atoms with E-state index in [1.54, 1.807) is 13.8 Å². The van der Waals surface area contributed by atoms with Gasteiger partial charge in [0.1, 0.15) is 0 Å². The van der Waals surface area contributed by atoms with Crippen LogP contribution in [0.4, 0.5) is 0 Å². The molecule has 116 valence electrons. The van der Waals surface area contributed by atoms with Gasteiger partial charge in [0.2, 0.25) is 5.91 Å². The molecule has 1 amide bonds. The minimum Gasteiger partial charge on any atom is -0.481 e. The molecule has 1 aromatic carbocycles. The van der Waals surface area contributed by atoms with Gasteiger partial charge in [-0.1, -0.05) is 58.0 Å². The summed E-state index contributed by atoms with van der Waals surface area (Å²) in [5.74, 6) is -0.984. The summed E-state index contributed by atoms with van der Waals surface area (Å²) in [6.45, 7) is 8.26. The topological polar surface area (TPSA) is 66.4 Å². The maximum Gasteiger partial charge on any atom is 0.303 e. The summed E-state index contributed by atoms with van der Waals surface area (Å²) in [6, 6.07) is 10.0. The van der Waals surface area contributed by atoms with Crippen LogP contribution < -0.4 is 5.32 Å². The third-order valence-electron chi connectivity index (χ3n) is 3.55. The molecule has 4 nitrogen and oxygen atoms in total. The third-order valence-corrected chi connectivity index (χ3v) is 3.55. The van der Waals surface area contributed by atoms with Crippen LogP contribution in [0.3, 0.4) is 0 Å². The second-order valence-corrected chi connectivity index (χ2v) is 6.94. The van der Waals surface area contributed by atoms with Crippen molar-refractivity contribution in [2.45, 2.75) is 46.0 Å². The Labute approximate surface area is 126 Å². The van der Waals surface area contributed by atoms with Gasteiger partial charge in [0.25, 0.3) is 0 Å². The number of rotatable bonds is 7. The Bertz CT molecular complexity index is 492. The minimum absolute atomic E-state index is 0.0114. The van der Waals surface area contributed by atoms with E-state index in [2.05, 4.69) is 19.2 Å². The Hall–Kier alpha value is -1.84. The molecule has 0 saturated heterocycles. The van der Waals surface area contributed by atoms with Crippen molar-refractivity contribution in [3.63, 3.8) is 0 Å². The molecular formula is C17H25NO3. The van der Waals surface area contributed by atoms with Crippen molar-refractivity contribution in [1.82, 2.24) is 5.32 Å². The van der Waals surface area contributed by atoms with Crippen molar-refractivity contribution in [3.8, 4) is 0 Å². The van der Waals surface area contributed by atoms with E-state index in [1.165, 1.54) is 0 Å². The van der Waals surface area contributed by atoms with E-state index >= 15 is 0 Å². The average molecular weight is 291 g/mol. The van der Waals surface area contributed by atoms with Crippen LogP contribution in [0.5, 0.6) is 0 Å². The first-order chi connectivity index (χ1) is 9.62. The second kappa shape index (κ2) is 6.74. The third kappa shape index (κ3) is 5.98. The van der Waals surface area contributed by atoms with Crippen LogP contribution in [0, 0.1) is 5.41 Å². The predicted molar refractivity (Wildman–Crippen MR) is 83.1 cm³/mol. The van der Waals surface area contributed by atoms with Crippen LogP contribution in [-0.4, -0.2) is 23.5 Å². The SMILES string of the molecule is CC(C)(CC(=O)O)CC(=O)NCC(C)(C)c1ccccc1. The van der Waals surface area contributed by atoms with E-state index in [0.717, 1.165) is 5.56 Å². The zero-order valence-corrected chi connectivity index (χ0v) is 13.3. The molecule has 0 bridgehead atoms. The molecule has 0 unspecified atom stereocenters. The van der Waals surface area contributed by atoms with Gasteiger partial charge in [0, 0.05) is 18.4 Å². The molecule has 21 heavy (non-hydrogen) atoms. The molecule has 0 aromatic heterocycles. The quantitative estimate of drug-likeness (QED) is 0.811. The first-order valence-corrected chi connectivity index (χ1v) is 7.16. The number of hydrogen-bond donors (Lipinski definition) is 2. The van der Waals surface area contributed by atoms with Gasteiger partial charge in [0.05, 0.1) is 6.42 Å². The van der Waals surface area contributed by atoms with Crippen LogP contribution >= 0.6 is 0 Å². The first-order valence-electron chi connectivity index (χ1n) is 7.16. The molecule has 0 aliphatic rings. The molecule has 0 fully saturated rings. The summed E-state index contributed by atoms with van der Waals surface area (Å²) in [5.41, 5.74) is 0.468. The van der Waals surface area contributed by atoms with Crippen molar-refractivity contribution in [2.75, 3.05) is 6.54 Å². The second-order valence-electron chi connectivity index (χ2n) is 6.94. The summed E-state index contributed by atoms with van der Waals surface area (Å²) in [6.07, 6.45) is 0.201. The predicted octanol–water partition coefficient (Wildman–Crippen LogP) is 2.97. The lowest BCUT2D eigenvalue weighted by Crippen LogP contribution is -2.38. The van der Waals surface area contributed by atoms with Crippen LogP contribution in [0.2, 0.25) is 0 Å². The number of carbonyl (C=O) groups is 2. The van der Waals surface area contributed by atoms with Crippen LogP contribution in [0.1, 0.15) is 46.1 Å². The molecule has 2 N–H and O–H groups in total. The molecule has 0 heterocycles. The summed E-state index contributed by atoms with van der Waals surface area (Å²) in [4.78, 5) is 22.8. The van der Waals surface area contributed by atoms with Gasteiger partial charge in [0.15, 0.2) is 0 Å². The molecule has 1 rings (SSSR count). The molecule has 1 aromatic rings.